The first-order valence-corrected chi connectivity index (χ1v) is 14.5. The van der Waals surface area contributed by atoms with Crippen molar-refractivity contribution in [2.75, 3.05) is 10.2 Å². The monoisotopic (exact) mass is 570 g/mol. The highest BCUT2D eigenvalue weighted by atomic mass is 35.5. The van der Waals surface area contributed by atoms with E-state index in [1.807, 2.05) is 59.3 Å². The van der Waals surface area contributed by atoms with Crippen LogP contribution >= 0.6 is 11.6 Å². The molecule has 208 valence electrons. The van der Waals surface area contributed by atoms with Crippen LogP contribution in [0.4, 0.5) is 22.9 Å². The minimum absolute atomic E-state index is 0.0510. The zero-order valence-corrected chi connectivity index (χ0v) is 24.8. The number of para-hydroxylation sites is 3. The Balaban J connectivity index is 1.48. The maximum Gasteiger partial charge on any atom is 0.179 e. The first-order chi connectivity index (χ1) is 20.3. The molecule has 2 aliphatic heterocycles. The third-order valence-electron chi connectivity index (χ3n) is 7.82. The number of hydrogen-bond acceptors (Lipinski definition) is 5. The molecule has 5 aromatic rings. The average molecular weight is 571 g/mol. The summed E-state index contributed by atoms with van der Waals surface area (Å²) in [5.74, 6) is 2.18. The quantitative estimate of drug-likeness (QED) is 0.235. The summed E-state index contributed by atoms with van der Waals surface area (Å²) in [4.78, 5) is 12.7. The fourth-order valence-corrected chi connectivity index (χ4v) is 5.92. The van der Waals surface area contributed by atoms with Crippen LogP contribution < -0.4 is 10.2 Å². The zero-order chi connectivity index (χ0) is 29.0. The minimum Gasteiger partial charge on any atom is -0.337 e. The maximum absolute atomic E-state index is 6.36. The van der Waals surface area contributed by atoms with Crippen molar-refractivity contribution in [3.8, 4) is 5.69 Å². The number of benzene rings is 4. The van der Waals surface area contributed by atoms with Gasteiger partial charge in [-0.1, -0.05) is 93.0 Å². The largest absolute Gasteiger partial charge is 0.337 e. The fourth-order valence-electron chi connectivity index (χ4n) is 5.73. The molecule has 0 spiro atoms. The molecule has 0 amide bonds. The topological polar surface area (TPSA) is 57.8 Å². The number of amidine groups is 2. The van der Waals surface area contributed by atoms with Crippen molar-refractivity contribution in [1.29, 1.82) is 0 Å². The average Bonchev–Trinajstić information content (AvgIpc) is 3.32. The van der Waals surface area contributed by atoms with Gasteiger partial charge in [0, 0.05) is 16.3 Å². The van der Waals surface area contributed by atoms with E-state index >= 15 is 0 Å². The second-order valence-electron chi connectivity index (χ2n) is 11.7. The molecule has 0 fully saturated rings. The van der Waals surface area contributed by atoms with Gasteiger partial charge >= 0.3 is 0 Å². The van der Waals surface area contributed by atoms with E-state index in [1.54, 1.807) is 0 Å². The molecule has 42 heavy (non-hydrogen) atoms. The van der Waals surface area contributed by atoms with Crippen molar-refractivity contribution in [2.45, 2.75) is 39.2 Å². The Morgan fingerprint density at radius 3 is 2.29 bits per heavy atom. The Kier molecular flexibility index (Phi) is 6.24. The SMILES string of the molecule is Cc1nn(-c2ccccc2)c2c1C(c1ccc(C(C)(C)C)cc1)N1C(=N2)C(Nc2cccc(Cl)c2)=Nc2ccccc21. The van der Waals surface area contributed by atoms with Gasteiger partial charge in [-0.2, -0.15) is 5.10 Å². The van der Waals surface area contributed by atoms with Gasteiger partial charge in [0.1, 0.15) is 0 Å². The fraction of sp³-hybridized carbons (Fsp3) is 0.171. The van der Waals surface area contributed by atoms with Gasteiger partial charge in [-0.05, 0) is 65.9 Å². The zero-order valence-electron chi connectivity index (χ0n) is 24.0. The molecule has 7 rings (SSSR count). The number of halogens is 1. The van der Waals surface area contributed by atoms with E-state index in [0.717, 1.165) is 51.2 Å². The van der Waals surface area contributed by atoms with Gasteiger partial charge in [0.15, 0.2) is 17.5 Å². The first-order valence-electron chi connectivity index (χ1n) is 14.1. The maximum atomic E-state index is 6.36. The van der Waals surface area contributed by atoms with Gasteiger partial charge in [-0.3, -0.25) is 0 Å². The molecule has 1 aromatic heterocycles. The third-order valence-corrected chi connectivity index (χ3v) is 8.05. The summed E-state index contributed by atoms with van der Waals surface area (Å²) in [7, 11) is 0. The Hall–Kier alpha value is -4.68. The summed E-state index contributed by atoms with van der Waals surface area (Å²) in [5.41, 5.74) is 8.17. The number of rotatable bonds is 3. The van der Waals surface area contributed by atoms with Crippen molar-refractivity contribution < 1.29 is 0 Å². The molecule has 2 aliphatic rings. The van der Waals surface area contributed by atoms with Crippen LogP contribution in [0.2, 0.25) is 5.02 Å². The number of anilines is 2. The first kappa shape index (κ1) is 26.2. The summed E-state index contributed by atoms with van der Waals surface area (Å²) in [6.07, 6.45) is 0. The molecule has 0 radical (unpaired) electrons. The van der Waals surface area contributed by atoms with Crippen LogP contribution in [0.3, 0.4) is 0 Å². The van der Waals surface area contributed by atoms with Gasteiger partial charge in [-0.25, -0.2) is 14.7 Å². The third kappa shape index (κ3) is 4.48. The lowest BCUT2D eigenvalue weighted by Crippen LogP contribution is -2.46. The molecule has 4 aromatic carbocycles. The normalized spacial score (nSPS) is 15.7. The van der Waals surface area contributed by atoms with E-state index in [2.05, 4.69) is 86.4 Å². The predicted molar refractivity (Wildman–Crippen MR) is 173 cm³/mol. The van der Waals surface area contributed by atoms with Crippen molar-refractivity contribution in [3.05, 3.63) is 131 Å². The van der Waals surface area contributed by atoms with Gasteiger partial charge in [0.25, 0.3) is 0 Å². The molecule has 1 unspecified atom stereocenters. The van der Waals surface area contributed by atoms with Crippen LogP contribution in [-0.2, 0) is 5.41 Å². The van der Waals surface area contributed by atoms with Crippen LogP contribution in [0.25, 0.3) is 5.69 Å². The number of aliphatic imine (C=N–C) groups is 2. The van der Waals surface area contributed by atoms with E-state index in [-0.39, 0.29) is 11.5 Å². The molecule has 0 aliphatic carbocycles. The Morgan fingerprint density at radius 1 is 0.810 bits per heavy atom. The van der Waals surface area contributed by atoms with Gasteiger partial charge in [0.05, 0.1) is 28.8 Å². The lowest BCUT2D eigenvalue weighted by atomic mass is 9.85. The molecule has 3 heterocycles. The van der Waals surface area contributed by atoms with E-state index in [4.69, 9.17) is 26.7 Å². The van der Waals surface area contributed by atoms with Crippen LogP contribution in [0.5, 0.6) is 0 Å². The molecule has 1 N–H and O–H groups in total. The van der Waals surface area contributed by atoms with Crippen molar-refractivity contribution in [2.24, 2.45) is 9.98 Å². The van der Waals surface area contributed by atoms with Crippen LogP contribution in [0.1, 0.15) is 49.2 Å². The van der Waals surface area contributed by atoms with E-state index in [0.29, 0.717) is 10.9 Å². The second-order valence-corrected chi connectivity index (χ2v) is 12.2. The van der Waals surface area contributed by atoms with Crippen molar-refractivity contribution >= 4 is 46.2 Å². The summed E-state index contributed by atoms with van der Waals surface area (Å²) >= 11 is 6.36. The molecule has 6 nitrogen and oxygen atoms in total. The summed E-state index contributed by atoms with van der Waals surface area (Å²) in [5, 5.41) is 9.21. The second kappa shape index (κ2) is 10.00. The van der Waals surface area contributed by atoms with Crippen LogP contribution in [-0.4, -0.2) is 21.5 Å². The van der Waals surface area contributed by atoms with E-state index in [9.17, 15) is 0 Å². The Morgan fingerprint density at radius 2 is 1.55 bits per heavy atom. The van der Waals surface area contributed by atoms with E-state index in [1.165, 1.54) is 5.56 Å². The lowest BCUT2D eigenvalue weighted by molar-refractivity contribution is 0.589. The van der Waals surface area contributed by atoms with Gasteiger partial charge in [-0.15, -0.1) is 0 Å². The molecular formula is C35H31ClN6. The van der Waals surface area contributed by atoms with Crippen molar-refractivity contribution in [1.82, 2.24) is 9.78 Å². The molecule has 0 bridgehead atoms. The number of nitrogens with one attached hydrogen (secondary N) is 1. The number of hydrogen-bond donors (Lipinski definition) is 1. The predicted octanol–water partition coefficient (Wildman–Crippen LogP) is 8.93. The number of nitrogens with zero attached hydrogens (tertiary/aromatic N) is 5. The van der Waals surface area contributed by atoms with Gasteiger partial charge < -0.3 is 10.2 Å². The Bertz CT molecular complexity index is 1860. The molecular weight excluding hydrogens is 540 g/mol. The van der Waals surface area contributed by atoms with E-state index < -0.39 is 0 Å². The molecule has 0 saturated heterocycles. The number of aryl methyl sites for hydroxylation is 1. The summed E-state index contributed by atoms with van der Waals surface area (Å²) in [6, 6.07) is 34.9. The summed E-state index contributed by atoms with van der Waals surface area (Å²) < 4.78 is 1.95. The minimum atomic E-state index is -0.174. The van der Waals surface area contributed by atoms with Crippen molar-refractivity contribution in [3.63, 3.8) is 0 Å². The molecule has 1 atom stereocenters. The van der Waals surface area contributed by atoms with Gasteiger partial charge in [0.2, 0.25) is 0 Å². The number of fused-ring (bicyclic) bond motifs is 4. The standard InChI is InChI=1S/C35H31ClN6/c1-22-30-31(23-17-19-24(20-18-23)35(2,3)4)41-29-16-9-8-15-28(29)38-32(37-26-12-10-11-25(36)21-26)34(41)39-33(30)42(40-22)27-13-6-5-7-14-27/h5-21,31H,1-4H3,(H,37,38). The van der Waals surface area contributed by atoms with Crippen LogP contribution in [0, 0.1) is 6.92 Å². The highest BCUT2D eigenvalue weighted by Crippen LogP contribution is 2.48. The highest BCUT2D eigenvalue weighted by Gasteiger charge is 2.41. The summed E-state index contributed by atoms with van der Waals surface area (Å²) in [6.45, 7) is 8.80. The molecule has 0 saturated carbocycles. The van der Waals surface area contributed by atoms with Crippen LogP contribution in [0.15, 0.2) is 113 Å². The smallest absolute Gasteiger partial charge is 0.179 e. The number of aromatic nitrogens is 2. The molecule has 7 heteroatoms. The Labute approximate surface area is 251 Å². The lowest BCUT2D eigenvalue weighted by Gasteiger charge is -2.40. The highest BCUT2D eigenvalue weighted by molar-refractivity contribution is 6.51.